The largest absolute Gasteiger partial charge is 0.462 e. The zero-order chi connectivity index (χ0) is 23.3. The number of hydrogen-bond acceptors (Lipinski definition) is 3. The molecule has 4 saturated carbocycles. The van der Waals surface area contributed by atoms with E-state index >= 15 is 0 Å². The number of hydrogen-bond donors (Lipinski definition) is 0. The van der Waals surface area contributed by atoms with Gasteiger partial charge in [0.25, 0.3) is 0 Å². The zero-order valence-electron chi connectivity index (χ0n) is 21.1. The molecule has 0 amide bonds. The maximum Gasteiger partial charge on any atom is 0.306 e. The number of ether oxygens (including phenoxy) is 2. The van der Waals surface area contributed by atoms with Gasteiger partial charge >= 0.3 is 5.97 Å². The molecule has 3 nitrogen and oxygen atoms in total. The van der Waals surface area contributed by atoms with E-state index in [-0.39, 0.29) is 12.1 Å². The summed E-state index contributed by atoms with van der Waals surface area (Å²) in [6.07, 6.45) is 17.2. The summed E-state index contributed by atoms with van der Waals surface area (Å²) < 4.78 is 12.5. The molecule has 0 radical (unpaired) electrons. The number of carbonyl (C=O) groups is 1. The fraction of sp³-hybridized carbons (Fsp3) is 0.710. The maximum absolute atomic E-state index is 12.6. The van der Waals surface area contributed by atoms with E-state index in [1.807, 2.05) is 18.2 Å². The SMILES string of the molecule is C[C@]12CCC(OC(=O)CCc3ccccc3)CC1=CC[C@@H]1[C@H]2CC[C@]2(C)C(OC3CC3)CC[C@@H]12. The average Bonchev–Trinajstić information content (AvgIpc) is 3.60. The Bertz CT molecular complexity index is 933. The van der Waals surface area contributed by atoms with Gasteiger partial charge < -0.3 is 9.47 Å². The predicted octanol–water partition coefficient (Wildman–Crippen LogP) is 7.04. The Balaban J connectivity index is 1.09. The van der Waals surface area contributed by atoms with Gasteiger partial charge in [0.15, 0.2) is 0 Å². The molecule has 0 bridgehead atoms. The number of esters is 1. The molecule has 0 aromatic heterocycles. The van der Waals surface area contributed by atoms with Crippen LogP contribution in [0.5, 0.6) is 0 Å². The summed E-state index contributed by atoms with van der Waals surface area (Å²) in [5, 5.41) is 0. The summed E-state index contributed by atoms with van der Waals surface area (Å²) in [5.74, 6) is 2.39. The number of allylic oxidation sites excluding steroid dienone is 1. The van der Waals surface area contributed by atoms with Crippen LogP contribution in [-0.4, -0.2) is 24.3 Å². The smallest absolute Gasteiger partial charge is 0.306 e. The van der Waals surface area contributed by atoms with E-state index < -0.39 is 0 Å². The minimum absolute atomic E-state index is 0.0344. The van der Waals surface area contributed by atoms with Gasteiger partial charge in [0.2, 0.25) is 0 Å². The summed E-state index contributed by atoms with van der Waals surface area (Å²) in [4.78, 5) is 12.6. The molecule has 34 heavy (non-hydrogen) atoms. The Labute approximate surface area is 205 Å². The molecule has 184 valence electrons. The molecule has 1 aromatic rings. The van der Waals surface area contributed by atoms with Gasteiger partial charge in [-0.25, -0.2) is 0 Å². The molecule has 5 aliphatic carbocycles. The van der Waals surface area contributed by atoms with E-state index in [1.54, 1.807) is 5.57 Å². The molecule has 5 aliphatic rings. The Kier molecular flexibility index (Phi) is 5.91. The Morgan fingerprint density at radius 2 is 1.76 bits per heavy atom. The van der Waals surface area contributed by atoms with Crippen LogP contribution < -0.4 is 0 Å². The van der Waals surface area contributed by atoms with Crippen LogP contribution >= 0.6 is 0 Å². The number of aryl methyl sites for hydroxylation is 1. The first-order valence-corrected chi connectivity index (χ1v) is 14.0. The maximum atomic E-state index is 12.6. The van der Waals surface area contributed by atoms with Crippen LogP contribution in [0.25, 0.3) is 0 Å². The van der Waals surface area contributed by atoms with Crippen molar-refractivity contribution in [3.63, 3.8) is 0 Å². The van der Waals surface area contributed by atoms with E-state index in [4.69, 9.17) is 9.47 Å². The van der Waals surface area contributed by atoms with E-state index in [2.05, 4.69) is 32.1 Å². The summed E-state index contributed by atoms with van der Waals surface area (Å²) in [7, 11) is 0. The molecule has 7 atom stereocenters. The van der Waals surface area contributed by atoms with Gasteiger partial charge in [0.1, 0.15) is 6.10 Å². The standard InChI is InChI=1S/C31H42O3/c1-30-18-16-24(34-29(32)15-8-21-6-4-3-5-7-21)20-22(30)9-12-25-26-13-14-28(33-23-10-11-23)31(26,2)19-17-27(25)30/h3-7,9,23-28H,8,10-20H2,1-2H3/t24?,25-,26-,27+,28?,30-,31-/m0/s1. The fourth-order valence-electron chi connectivity index (χ4n) is 8.48. The summed E-state index contributed by atoms with van der Waals surface area (Å²) in [6.45, 7) is 5.10. The van der Waals surface area contributed by atoms with Gasteiger partial charge in [-0.2, -0.15) is 0 Å². The summed E-state index contributed by atoms with van der Waals surface area (Å²) in [5.41, 5.74) is 3.48. The lowest BCUT2D eigenvalue weighted by atomic mass is 9.48. The van der Waals surface area contributed by atoms with Crippen molar-refractivity contribution in [2.75, 3.05) is 0 Å². The lowest BCUT2D eigenvalue weighted by Gasteiger charge is -2.58. The van der Waals surface area contributed by atoms with Gasteiger partial charge in [-0.05, 0) is 98.4 Å². The Hall–Kier alpha value is -1.61. The molecule has 1 aromatic carbocycles. The Morgan fingerprint density at radius 1 is 0.941 bits per heavy atom. The van der Waals surface area contributed by atoms with Crippen molar-refractivity contribution in [3.05, 3.63) is 47.5 Å². The quantitative estimate of drug-likeness (QED) is 0.336. The van der Waals surface area contributed by atoms with E-state index in [0.29, 0.717) is 29.5 Å². The summed E-state index contributed by atoms with van der Waals surface area (Å²) in [6, 6.07) is 10.3. The van der Waals surface area contributed by atoms with Crippen molar-refractivity contribution in [3.8, 4) is 0 Å². The highest BCUT2D eigenvalue weighted by Crippen LogP contribution is 2.65. The van der Waals surface area contributed by atoms with Crippen molar-refractivity contribution in [1.82, 2.24) is 0 Å². The normalized spacial score (nSPS) is 41.1. The summed E-state index contributed by atoms with van der Waals surface area (Å²) >= 11 is 0. The fourth-order valence-corrected chi connectivity index (χ4v) is 8.48. The number of fused-ring (bicyclic) bond motifs is 5. The minimum Gasteiger partial charge on any atom is -0.462 e. The van der Waals surface area contributed by atoms with Crippen LogP contribution in [0.2, 0.25) is 0 Å². The molecule has 2 unspecified atom stereocenters. The lowest BCUT2D eigenvalue weighted by molar-refractivity contribution is -0.151. The van der Waals surface area contributed by atoms with E-state index in [0.717, 1.165) is 37.0 Å². The van der Waals surface area contributed by atoms with Crippen LogP contribution in [0.3, 0.4) is 0 Å². The van der Waals surface area contributed by atoms with Crippen molar-refractivity contribution < 1.29 is 14.3 Å². The molecular formula is C31H42O3. The van der Waals surface area contributed by atoms with Gasteiger partial charge in [-0.1, -0.05) is 55.8 Å². The molecule has 4 fully saturated rings. The van der Waals surface area contributed by atoms with Crippen LogP contribution in [0.15, 0.2) is 42.0 Å². The monoisotopic (exact) mass is 462 g/mol. The van der Waals surface area contributed by atoms with E-state index in [1.165, 1.54) is 56.9 Å². The van der Waals surface area contributed by atoms with Gasteiger partial charge in [0, 0.05) is 12.8 Å². The highest BCUT2D eigenvalue weighted by Gasteiger charge is 2.59. The highest BCUT2D eigenvalue weighted by atomic mass is 16.5. The predicted molar refractivity (Wildman–Crippen MR) is 134 cm³/mol. The number of carbonyl (C=O) groups excluding carboxylic acids is 1. The molecule has 3 heteroatoms. The topological polar surface area (TPSA) is 35.5 Å². The van der Waals surface area contributed by atoms with Crippen molar-refractivity contribution in [2.45, 2.75) is 109 Å². The minimum atomic E-state index is -0.0344. The number of rotatable bonds is 6. The Morgan fingerprint density at radius 3 is 2.56 bits per heavy atom. The van der Waals surface area contributed by atoms with Crippen molar-refractivity contribution >= 4 is 5.97 Å². The third kappa shape index (κ3) is 4.06. The molecule has 0 spiro atoms. The first-order chi connectivity index (χ1) is 16.5. The van der Waals surface area contributed by atoms with Gasteiger partial charge in [-0.3, -0.25) is 4.79 Å². The second-order valence-electron chi connectivity index (χ2n) is 12.5. The molecular weight excluding hydrogens is 420 g/mol. The highest BCUT2D eigenvalue weighted by molar-refractivity contribution is 5.70. The van der Waals surface area contributed by atoms with E-state index in [9.17, 15) is 4.79 Å². The first kappa shape index (κ1) is 22.8. The van der Waals surface area contributed by atoms with Gasteiger partial charge in [0.05, 0.1) is 12.2 Å². The van der Waals surface area contributed by atoms with Crippen molar-refractivity contribution in [1.29, 1.82) is 0 Å². The molecule has 6 rings (SSSR count). The van der Waals surface area contributed by atoms with Crippen LogP contribution in [0.1, 0.15) is 90.0 Å². The van der Waals surface area contributed by atoms with Crippen LogP contribution in [0, 0.1) is 28.6 Å². The third-order valence-corrected chi connectivity index (χ3v) is 10.6. The second kappa shape index (κ2) is 8.80. The number of benzene rings is 1. The van der Waals surface area contributed by atoms with Gasteiger partial charge in [-0.15, -0.1) is 0 Å². The lowest BCUT2D eigenvalue weighted by Crippen LogP contribution is -2.51. The van der Waals surface area contributed by atoms with Crippen molar-refractivity contribution in [2.24, 2.45) is 28.6 Å². The molecule has 0 heterocycles. The molecule has 0 saturated heterocycles. The molecule has 0 N–H and O–H groups in total. The molecule has 0 aliphatic heterocycles. The first-order valence-electron chi connectivity index (χ1n) is 14.0. The third-order valence-electron chi connectivity index (χ3n) is 10.6. The second-order valence-corrected chi connectivity index (χ2v) is 12.5. The van der Waals surface area contributed by atoms with Crippen LogP contribution in [-0.2, 0) is 20.7 Å². The zero-order valence-corrected chi connectivity index (χ0v) is 21.1. The van der Waals surface area contributed by atoms with Crippen LogP contribution in [0.4, 0.5) is 0 Å². The average molecular weight is 463 g/mol.